The number of rotatable bonds is 47. The highest BCUT2D eigenvalue weighted by Gasteiger charge is 2.19. The first kappa shape index (κ1) is 59.9. The third kappa shape index (κ3) is 49.7. The van der Waals surface area contributed by atoms with Crippen LogP contribution in [0.5, 0.6) is 0 Å². The summed E-state index contributed by atoms with van der Waals surface area (Å²) in [6.07, 6.45) is 64.5. The summed E-state index contributed by atoms with van der Waals surface area (Å²) in [7, 11) is 0. The fourth-order valence-electron chi connectivity index (χ4n) is 7.19. The van der Waals surface area contributed by atoms with Gasteiger partial charge < -0.3 is 14.2 Å². The molecule has 0 spiro atoms. The van der Waals surface area contributed by atoms with Crippen LogP contribution >= 0.6 is 0 Å². The third-order valence-corrected chi connectivity index (χ3v) is 11.2. The van der Waals surface area contributed by atoms with E-state index in [9.17, 15) is 14.4 Å². The number of hydrogen-bond acceptors (Lipinski definition) is 6. The molecule has 0 fully saturated rings. The normalized spacial score (nSPS) is 12.6. The summed E-state index contributed by atoms with van der Waals surface area (Å²) in [5.74, 6) is -0.920. The minimum atomic E-state index is -0.790. The molecular weight excluding hydrogens is 781 g/mol. The molecule has 0 aliphatic carbocycles. The highest BCUT2D eigenvalue weighted by Crippen LogP contribution is 2.14. The molecule has 0 heterocycles. The molecule has 0 aromatic heterocycles. The molecule has 0 aromatic carbocycles. The lowest BCUT2D eigenvalue weighted by Gasteiger charge is -2.18. The average molecular weight is 879 g/mol. The first-order valence-electron chi connectivity index (χ1n) is 26.4. The van der Waals surface area contributed by atoms with Gasteiger partial charge in [0, 0.05) is 19.3 Å². The summed E-state index contributed by atoms with van der Waals surface area (Å²) in [5, 5.41) is 0. The van der Waals surface area contributed by atoms with Gasteiger partial charge in [0.1, 0.15) is 13.2 Å². The van der Waals surface area contributed by atoms with Gasteiger partial charge in [0.2, 0.25) is 0 Å². The predicted octanol–water partition coefficient (Wildman–Crippen LogP) is 17.4. The van der Waals surface area contributed by atoms with E-state index in [4.69, 9.17) is 14.2 Å². The van der Waals surface area contributed by atoms with Gasteiger partial charge in [0.05, 0.1) is 0 Å². The number of carbonyl (C=O) groups excluding carboxylic acids is 3. The highest BCUT2D eigenvalue weighted by molar-refractivity contribution is 5.71. The molecule has 6 heteroatoms. The van der Waals surface area contributed by atoms with Crippen molar-refractivity contribution in [3.63, 3.8) is 0 Å². The Morgan fingerprint density at radius 1 is 0.333 bits per heavy atom. The van der Waals surface area contributed by atoms with Gasteiger partial charge in [0.15, 0.2) is 6.10 Å². The molecule has 6 nitrogen and oxygen atoms in total. The summed E-state index contributed by atoms with van der Waals surface area (Å²) < 4.78 is 16.8. The number of esters is 3. The molecular formula is C57H98O6. The second kappa shape index (κ2) is 51.5. The maximum absolute atomic E-state index is 12.8. The maximum atomic E-state index is 12.8. The van der Waals surface area contributed by atoms with Crippen LogP contribution in [0.25, 0.3) is 0 Å². The van der Waals surface area contributed by atoms with Gasteiger partial charge >= 0.3 is 17.9 Å². The van der Waals surface area contributed by atoms with Gasteiger partial charge in [-0.3, -0.25) is 14.4 Å². The maximum Gasteiger partial charge on any atom is 0.306 e. The van der Waals surface area contributed by atoms with E-state index in [0.29, 0.717) is 19.3 Å². The smallest absolute Gasteiger partial charge is 0.306 e. The van der Waals surface area contributed by atoms with Crippen molar-refractivity contribution < 1.29 is 28.6 Å². The SMILES string of the molecule is CC/C=C\C/C=C\C/C=C\CCCCCCCC(=O)O[C@@H](COC(=O)CCCCCCC/C=C\CCCCCC)COC(=O)CCCCCCCCC/C=C\C/C=C\CCCCC. The van der Waals surface area contributed by atoms with E-state index >= 15 is 0 Å². The van der Waals surface area contributed by atoms with Gasteiger partial charge in [-0.15, -0.1) is 0 Å². The van der Waals surface area contributed by atoms with Crippen molar-refractivity contribution in [2.75, 3.05) is 13.2 Å². The van der Waals surface area contributed by atoms with Crippen LogP contribution in [0.4, 0.5) is 0 Å². The molecule has 0 aromatic rings. The third-order valence-electron chi connectivity index (χ3n) is 11.2. The van der Waals surface area contributed by atoms with E-state index < -0.39 is 6.10 Å². The molecule has 0 saturated heterocycles. The van der Waals surface area contributed by atoms with Gasteiger partial charge in [-0.05, 0) is 109 Å². The Labute approximate surface area is 389 Å². The van der Waals surface area contributed by atoms with Gasteiger partial charge in [-0.1, -0.05) is 196 Å². The summed E-state index contributed by atoms with van der Waals surface area (Å²) in [6, 6.07) is 0. The Bertz CT molecular complexity index is 1190. The van der Waals surface area contributed by atoms with Gasteiger partial charge in [-0.25, -0.2) is 0 Å². The number of hydrogen-bond donors (Lipinski definition) is 0. The van der Waals surface area contributed by atoms with Crippen molar-refractivity contribution in [3.8, 4) is 0 Å². The molecule has 0 unspecified atom stereocenters. The van der Waals surface area contributed by atoms with Crippen LogP contribution in [0.1, 0.15) is 252 Å². The van der Waals surface area contributed by atoms with Gasteiger partial charge in [-0.2, -0.15) is 0 Å². The van der Waals surface area contributed by atoms with E-state index in [0.717, 1.165) is 116 Å². The van der Waals surface area contributed by atoms with E-state index in [2.05, 4.69) is 93.7 Å². The molecule has 0 N–H and O–H groups in total. The Morgan fingerprint density at radius 3 is 1.02 bits per heavy atom. The average Bonchev–Trinajstić information content (AvgIpc) is 3.28. The summed E-state index contributed by atoms with van der Waals surface area (Å²) in [5.41, 5.74) is 0. The van der Waals surface area contributed by atoms with E-state index in [1.54, 1.807) is 0 Å². The first-order valence-corrected chi connectivity index (χ1v) is 26.4. The first-order chi connectivity index (χ1) is 31.0. The zero-order chi connectivity index (χ0) is 45.8. The Hall–Kier alpha value is -3.15. The molecule has 0 rings (SSSR count). The minimum absolute atomic E-state index is 0.0893. The quantitative estimate of drug-likeness (QED) is 0.0262. The molecule has 0 aliphatic heterocycles. The minimum Gasteiger partial charge on any atom is -0.462 e. The van der Waals surface area contributed by atoms with Gasteiger partial charge in [0.25, 0.3) is 0 Å². The van der Waals surface area contributed by atoms with Crippen molar-refractivity contribution in [1.29, 1.82) is 0 Å². The summed E-state index contributed by atoms with van der Waals surface area (Å²) >= 11 is 0. The predicted molar refractivity (Wildman–Crippen MR) is 270 cm³/mol. The molecule has 0 aliphatic rings. The zero-order valence-corrected chi connectivity index (χ0v) is 41.3. The Kier molecular flexibility index (Phi) is 48.9. The highest BCUT2D eigenvalue weighted by atomic mass is 16.6. The van der Waals surface area contributed by atoms with E-state index in [1.165, 1.54) is 96.3 Å². The van der Waals surface area contributed by atoms with Crippen LogP contribution in [0.2, 0.25) is 0 Å². The number of carbonyl (C=O) groups is 3. The molecule has 0 bridgehead atoms. The van der Waals surface area contributed by atoms with Crippen LogP contribution in [0, 0.1) is 0 Å². The standard InChI is InChI=1S/C57H98O6/c1-4-7-10-13-16-19-22-25-27-28-30-32-35-38-41-44-47-50-56(59)62-53-54(52-61-55(58)49-46-43-40-37-34-31-24-21-18-15-12-9-6-3)63-57(60)51-48-45-42-39-36-33-29-26-23-20-17-14-11-8-5-2/h8,11,16-17,19-21,24-27,29,54H,4-7,9-10,12-15,18,22-23,28,30-53H2,1-3H3/b11-8-,19-16-,20-17-,24-21-,27-25-,29-26-/t54-/m0/s1. The van der Waals surface area contributed by atoms with Crippen LogP contribution in [-0.4, -0.2) is 37.2 Å². The summed E-state index contributed by atoms with van der Waals surface area (Å²) in [4.78, 5) is 38.0. The molecule has 362 valence electrons. The van der Waals surface area contributed by atoms with Crippen LogP contribution in [0.3, 0.4) is 0 Å². The topological polar surface area (TPSA) is 78.9 Å². The van der Waals surface area contributed by atoms with Crippen molar-refractivity contribution >= 4 is 17.9 Å². The van der Waals surface area contributed by atoms with Crippen LogP contribution in [0.15, 0.2) is 72.9 Å². The van der Waals surface area contributed by atoms with Crippen molar-refractivity contribution in [3.05, 3.63) is 72.9 Å². The fourth-order valence-corrected chi connectivity index (χ4v) is 7.19. The largest absolute Gasteiger partial charge is 0.462 e. The fraction of sp³-hybridized carbons (Fsp3) is 0.737. The molecule has 63 heavy (non-hydrogen) atoms. The lowest BCUT2D eigenvalue weighted by molar-refractivity contribution is -0.167. The van der Waals surface area contributed by atoms with Crippen molar-refractivity contribution in [2.24, 2.45) is 0 Å². The molecule has 0 radical (unpaired) electrons. The number of ether oxygens (including phenoxy) is 3. The zero-order valence-electron chi connectivity index (χ0n) is 41.3. The Morgan fingerprint density at radius 2 is 0.619 bits per heavy atom. The van der Waals surface area contributed by atoms with E-state index in [-0.39, 0.29) is 31.1 Å². The molecule has 1 atom stereocenters. The second-order valence-corrected chi connectivity index (χ2v) is 17.4. The summed E-state index contributed by atoms with van der Waals surface area (Å²) in [6.45, 7) is 6.46. The van der Waals surface area contributed by atoms with Crippen LogP contribution in [-0.2, 0) is 28.6 Å². The van der Waals surface area contributed by atoms with Crippen molar-refractivity contribution in [2.45, 2.75) is 258 Å². The molecule has 0 saturated carbocycles. The molecule has 0 amide bonds. The number of unbranched alkanes of at least 4 members (excludes halogenated alkanes) is 24. The van der Waals surface area contributed by atoms with Crippen LogP contribution < -0.4 is 0 Å². The number of allylic oxidation sites excluding steroid dienone is 12. The lowest BCUT2D eigenvalue weighted by Crippen LogP contribution is -2.30. The van der Waals surface area contributed by atoms with E-state index in [1.807, 2.05) is 0 Å². The Balaban J connectivity index is 4.42. The lowest BCUT2D eigenvalue weighted by atomic mass is 10.1. The van der Waals surface area contributed by atoms with Crippen molar-refractivity contribution in [1.82, 2.24) is 0 Å². The second-order valence-electron chi connectivity index (χ2n) is 17.4. The monoisotopic (exact) mass is 879 g/mol.